The lowest BCUT2D eigenvalue weighted by molar-refractivity contribution is -0.124. The van der Waals surface area contributed by atoms with E-state index in [0.29, 0.717) is 17.9 Å². The zero-order valence-corrected chi connectivity index (χ0v) is 10.6. The third kappa shape index (κ3) is 1.75. The average Bonchev–Trinajstić information content (AvgIpc) is 2.77. The highest BCUT2D eigenvalue weighted by Crippen LogP contribution is 2.42. The van der Waals surface area contributed by atoms with E-state index in [4.69, 9.17) is 11.6 Å². The first-order valence-electron chi connectivity index (χ1n) is 6.15. The number of fused-ring (bicyclic) bond motifs is 1. The van der Waals surface area contributed by atoms with Crippen molar-refractivity contribution in [1.29, 1.82) is 0 Å². The molecule has 1 amide bonds. The van der Waals surface area contributed by atoms with Crippen molar-refractivity contribution in [1.82, 2.24) is 0 Å². The fourth-order valence-electron chi connectivity index (χ4n) is 2.85. The van der Waals surface area contributed by atoms with Crippen LogP contribution in [0.25, 0.3) is 0 Å². The summed E-state index contributed by atoms with van der Waals surface area (Å²) in [5.41, 5.74) is 0.825. The van der Waals surface area contributed by atoms with Gasteiger partial charge in [0.1, 0.15) is 5.82 Å². The number of hydrogen-bond acceptors (Lipinski definition) is 2. The minimum atomic E-state index is -0.514. The van der Waals surface area contributed by atoms with Gasteiger partial charge in [-0.15, -0.1) is 0 Å². The summed E-state index contributed by atoms with van der Waals surface area (Å²) in [5.74, 6) is -0.520. The number of amides is 1. The number of benzene rings is 1. The van der Waals surface area contributed by atoms with Crippen LogP contribution in [0.4, 0.5) is 15.8 Å². The van der Waals surface area contributed by atoms with Gasteiger partial charge in [-0.25, -0.2) is 4.39 Å². The summed E-state index contributed by atoms with van der Waals surface area (Å²) in [5, 5.41) is 6.11. The van der Waals surface area contributed by atoms with Crippen molar-refractivity contribution in [3.8, 4) is 0 Å². The number of halogens is 2. The Bertz CT molecular complexity index is 512. The second-order valence-corrected chi connectivity index (χ2v) is 5.51. The summed E-state index contributed by atoms with van der Waals surface area (Å²) >= 11 is 5.76. The molecular weight excluding hydrogens is 255 g/mol. The summed E-state index contributed by atoms with van der Waals surface area (Å²) in [6, 6.07) is 2.80. The zero-order valence-electron chi connectivity index (χ0n) is 9.85. The predicted molar refractivity (Wildman–Crippen MR) is 69.4 cm³/mol. The van der Waals surface area contributed by atoms with E-state index in [2.05, 4.69) is 10.6 Å². The van der Waals surface area contributed by atoms with Crippen LogP contribution in [0.15, 0.2) is 12.1 Å². The Morgan fingerprint density at radius 3 is 2.67 bits per heavy atom. The van der Waals surface area contributed by atoms with E-state index in [1.165, 1.54) is 12.1 Å². The van der Waals surface area contributed by atoms with Crippen molar-refractivity contribution in [2.24, 2.45) is 5.41 Å². The van der Waals surface area contributed by atoms with Crippen molar-refractivity contribution in [2.75, 3.05) is 17.2 Å². The Hall–Kier alpha value is -1.29. The normalized spacial score (nSPS) is 21.1. The molecule has 3 nitrogen and oxygen atoms in total. The quantitative estimate of drug-likeness (QED) is 0.757. The first-order valence-corrected chi connectivity index (χ1v) is 6.53. The molecule has 2 aliphatic rings. The maximum Gasteiger partial charge on any atom is 0.232 e. The van der Waals surface area contributed by atoms with Crippen LogP contribution in [-0.2, 0) is 4.79 Å². The highest BCUT2D eigenvalue weighted by Gasteiger charge is 2.42. The van der Waals surface area contributed by atoms with Crippen molar-refractivity contribution < 1.29 is 9.18 Å². The summed E-state index contributed by atoms with van der Waals surface area (Å²) in [7, 11) is 0. The smallest absolute Gasteiger partial charge is 0.232 e. The fourth-order valence-corrected chi connectivity index (χ4v) is 3.02. The molecule has 3 rings (SSSR count). The fraction of sp³-hybridized carbons (Fsp3) is 0.462. The van der Waals surface area contributed by atoms with Crippen molar-refractivity contribution in [3.05, 3.63) is 23.0 Å². The lowest BCUT2D eigenvalue weighted by atomic mass is 9.85. The molecule has 2 N–H and O–H groups in total. The van der Waals surface area contributed by atoms with Gasteiger partial charge in [-0.3, -0.25) is 4.79 Å². The number of nitrogens with one attached hydrogen (secondary N) is 2. The van der Waals surface area contributed by atoms with E-state index in [9.17, 15) is 9.18 Å². The number of anilines is 2. The van der Waals surface area contributed by atoms with Crippen LogP contribution >= 0.6 is 11.6 Å². The summed E-state index contributed by atoms with van der Waals surface area (Å²) in [6.45, 7) is 0.591. The third-order valence-electron chi connectivity index (χ3n) is 3.97. The van der Waals surface area contributed by atoms with E-state index < -0.39 is 5.82 Å². The minimum absolute atomic E-state index is 0.00651. The van der Waals surface area contributed by atoms with E-state index in [1.807, 2.05) is 0 Å². The SMILES string of the molecule is O=C1Nc2cc(F)c(Cl)cc2NCC12CCCC2. The van der Waals surface area contributed by atoms with Gasteiger partial charge in [-0.1, -0.05) is 24.4 Å². The van der Waals surface area contributed by atoms with Crippen molar-refractivity contribution in [3.63, 3.8) is 0 Å². The van der Waals surface area contributed by atoms with Crippen LogP contribution in [-0.4, -0.2) is 12.5 Å². The highest BCUT2D eigenvalue weighted by molar-refractivity contribution is 6.31. The van der Waals surface area contributed by atoms with Gasteiger partial charge in [0.2, 0.25) is 5.91 Å². The Morgan fingerprint density at radius 2 is 1.94 bits per heavy atom. The second kappa shape index (κ2) is 4.12. The molecule has 96 valence electrons. The molecule has 0 atom stereocenters. The molecule has 0 aromatic heterocycles. The monoisotopic (exact) mass is 268 g/mol. The average molecular weight is 269 g/mol. The molecule has 0 saturated heterocycles. The molecule has 1 aromatic rings. The third-order valence-corrected chi connectivity index (χ3v) is 4.26. The van der Waals surface area contributed by atoms with Gasteiger partial charge in [0.25, 0.3) is 0 Å². The predicted octanol–water partition coefficient (Wildman–Crippen LogP) is 3.40. The number of rotatable bonds is 0. The molecule has 1 spiro atoms. The molecule has 0 radical (unpaired) electrons. The van der Waals surface area contributed by atoms with Gasteiger partial charge in [-0.05, 0) is 18.9 Å². The first-order chi connectivity index (χ1) is 8.61. The van der Waals surface area contributed by atoms with E-state index in [-0.39, 0.29) is 16.3 Å². The van der Waals surface area contributed by atoms with Gasteiger partial charge in [0, 0.05) is 12.6 Å². The molecular formula is C13H14ClFN2O. The van der Waals surface area contributed by atoms with Crippen LogP contribution < -0.4 is 10.6 Å². The zero-order chi connectivity index (χ0) is 12.8. The largest absolute Gasteiger partial charge is 0.382 e. The molecule has 1 heterocycles. The number of carbonyl (C=O) groups is 1. The lowest BCUT2D eigenvalue weighted by Crippen LogP contribution is -2.37. The molecule has 1 saturated carbocycles. The van der Waals surface area contributed by atoms with E-state index in [0.717, 1.165) is 25.7 Å². The topological polar surface area (TPSA) is 41.1 Å². The Balaban J connectivity index is 1.98. The molecule has 5 heteroatoms. The van der Waals surface area contributed by atoms with Crippen LogP contribution in [0.3, 0.4) is 0 Å². The standard InChI is InChI=1S/C13H14ClFN2O/c14-8-5-10-11(6-9(8)15)17-12(18)13(7-16-10)3-1-2-4-13/h5-6,16H,1-4,7H2,(H,17,18). The summed E-state index contributed by atoms with van der Waals surface area (Å²) < 4.78 is 13.4. The van der Waals surface area contributed by atoms with Crippen LogP contribution in [0.5, 0.6) is 0 Å². The Morgan fingerprint density at radius 1 is 1.22 bits per heavy atom. The molecule has 18 heavy (non-hydrogen) atoms. The van der Waals surface area contributed by atoms with E-state index in [1.54, 1.807) is 0 Å². The van der Waals surface area contributed by atoms with Crippen molar-refractivity contribution in [2.45, 2.75) is 25.7 Å². The van der Waals surface area contributed by atoms with Crippen LogP contribution in [0.1, 0.15) is 25.7 Å². The van der Waals surface area contributed by atoms with E-state index >= 15 is 0 Å². The van der Waals surface area contributed by atoms with Gasteiger partial charge in [0.15, 0.2) is 0 Å². The van der Waals surface area contributed by atoms with Crippen LogP contribution in [0, 0.1) is 11.2 Å². The van der Waals surface area contributed by atoms with Gasteiger partial charge in [-0.2, -0.15) is 0 Å². The maximum atomic E-state index is 13.4. The van der Waals surface area contributed by atoms with Crippen molar-refractivity contribution >= 4 is 28.9 Å². The second-order valence-electron chi connectivity index (χ2n) is 5.11. The minimum Gasteiger partial charge on any atom is -0.382 e. The summed E-state index contributed by atoms with van der Waals surface area (Å²) in [6.07, 6.45) is 3.91. The van der Waals surface area contributed by atoms with Gasteiger partial charge < -0.3 is 10.6 Å². The number of carbonyl (C=O) groups excluding carboxylic acids is 1. The molecule has 0 bridgehead atoms. The van der Waals surface area contributed by atoms with Gasteiger partial charge >= 0.3 is 0 Å². The highest BCUT2D eigenvalue weighted by atomic mass is 35.5. The Labute approximate surface area is 110 Å². The molecule has 0 unspecified atom stereocenters. The molecule has 1 aliphatic heterocycles. The van der Waals surface area contributed by atoms with Gasteiger partial charge in [0.05, 0.1) is 21.8 Å². The summed E-state index contributed by atoms with van der Waals surface area (Å²) in [4.78, 5) is 12.3. The maximum absolute atomic E-state index is 13.4. The molecule has 1 fully saturated rings. The first kappa shape index (κ1) is 11.8. The molecule has 1 aromatic carbocycles. The number of hydrogen-bond donors (Lipinski definition) is 2. The van der Waals surface area contributed by atoms with Crippen LogP contribution in [0.2, 0.25) is 5.02 Å². The molecule has 1 aliphatic carbocycles. The Kier molecular flexibility index (Phi) is 2.70. The lowest BCUT2D eigenvalue weighted by Gasteiger charge is -2.24.